The molecule has 1 amide bonds. The summed E-state index contributed by atoms with van der Waals surface area (Å²) < 4.78 is 19.4. The molecule has 0 fully saturated rings. The van der Waals surface area contributed by atoms with E-state index in [4.69, 9.17) is 14.2 Å². The van der Waals surface area contributed by atoms with Crippen molar-refractivity contribution < 1.29 is 19.0 Å². The molecule has 166 valence electrons. The van der Waals surface area contributed by atoms with Crippen LogP contribution >= 0.6 is 23.1 Å². The molecule has 0 aliphatic rings. The van der Waals surface area contributed by atoms with Crippen molar-refractivity contribution in [3.63, 3.8) is 0 Å². The maximum absolute atomic E-state index is 13.0. The maximum atomic E-state index is 13.0. The second kappa shape index (κ2) is 10.8. The number of hydrogen-bond donors (Lipinski definition) is 0. The molecule has 1 heterocycles. The first-order valence-corrected chi connectivity index (χ1v) is 11.8. The Kier molecular flexibility index (Phi) is 8.17. The summed E-state index contributed by atoms with van der Waals surface area (Å²) in [7, 11) is 3.22. The van der Waals surface area contributed by atoms with Crippen LogP contribution < -0.4 is 14.3 Å². The molecule has 3 rings (SSSR count). The lowest BCUT2D eigenvalue weighted by Gasteiger charge is -2.09. The van der Waals surface area contributed by atoms with E-state index in [2.05, 4.69) is 18.8 Å². The van der Waals surface area contributed by atoms with Gasteiger partial charge in [-0.2, -0.15) is 4.99 Å². The summed E-state index contributed by atoms with van der Waals surface area (Å²) in [5, 5.41) is 0.440. The van der Waals surface area contributed by atoms with Crippen LogP contribution in [-0.4, -0.2) is 43.2 Å². The molecule has 3 aromatic rings. The third kappa shape index (κ3) is 5.70. The van der Waals surface area contributed by atoms with E-state index in [1.165, 1.54) is 11.3 Å². The smallest absolute Gasteiger partial charge is 0.279 e. The van der Waals surface area contributed by atoms with Crippen LogP contribution in [0.5, 0.6) is 11.5 Å². The van der Waals surface area contributed by atoms with Gasteiger partial charge in [0.25, 0.3) is 5.91 Å². The van der Waals surface area contributed by atoms with Crippen molar-refractivity contribution in [2.75, 3.05) is 27.4 Å². The highest BCUT2D eigenvalue weighted by Gasteiger charge is 2.14. The molecule has 0 bridgehead atoms. The first-order valence-electron chi connectivity index (χ1n) is 10.2. The summed E-state index contributed by atoms with van der Waals surface area (Å²) in [6.45, 7) is 7.96. The van der Waals surface area contributed by atoms with Crippen LogP contribution in [0.4, 0.5) is 0 Å². The van der Waals surface area contributed by atoms with Gasteiger partial charge in [-0.25, -0.2) is 0 Å². The molecule has 0 aliphatic carbocycles. The van der Waals surface area contributed by atoms with Crippen LogP contribution in [0.2, 0.25) is 0 Å². The van der Waals surface area contributed by atoms with Gasteiger partial charge in [-0.3, -0.25) is 4.79 Å². The molecular formula is C23H28N2O4S2. The average Bonchev–Trinajstić information content (AvgIpc) is 3.08. The molecule has 0 spiro atoms. The minimum absolute atomic E-state index is 0.262. The topological polar surface area (TPSA) is 62.1 Å². The average molecular weight is 461 g/mol. The van der Waals surface area contributed by atoms with Crippen molar-refractivity contribution in [2.24, 2.45) is 4.99 Å². The van der Waals surface area contributed by atoms with Crippen molar-refractivity contribution >= 4 is 39.2 Å². The standard InChI is InChI=1S/C23H28N2O4S2/c1-6-29-11-10-25-18-13-19(27-4)20(28-5)14-21(18)31-23(25)24-22(26)16-8-7-9-17(12-16)30-15(2)3/h7-9,12-15H,6,10-11H2,1-5H3. The Morgan fingerprint density at radius 2 is 1.90 bits per heavy atom. The molecule has 0 saturated carbocycles. The zero-order valence-corrected chi connectivity index (χ0v) is 20.1. The highest BCUT2D eigenvalue weighted by molar-refractivity contribution is 7.99. The van der Waals surface area contributed by atoms with Gasteiger partial charge in [-0.05, 0) is 25.1 Å². The highest BCUT2D eigenvalue weighted by Crippen LogP contribution is 2.33. The van der Waals surface area contributed by atoms with Gasteiger partial charge in [0, 0.05) is 41.0 Å². The first kappa shape index (κ1) is 23.4. The molecule has 0 N–H and O–H groups in total. The van der Waals surface area contributed by atoms with Crippen molar-refractivity contribution in [2.45, 2.75) is 37.5 Å². The number of fused-ring (bicyclic) bond motifs is 1. The van der Waals surface area contributed by atoms with Crippen molar-refractivity contribution in [3.8, 4) is 11.5 Å². The second-order valence-corrected chi connectivity index (χ2v) is 9.68. The van der Waals surface area contributed by atoms with E-state index in [0.717, 1.165) is 15.1 Å². The van der Waals surface area contributed by atoms with Gasteiger partial charge in [0.2, 0.25) is 0 Å². The number of carbonyl (C=O) groups excluding carboxylic acids is 1. The fraction of sp³-hybridized carbons (Fsp3) is 0.391. The summed E-state index contributed by atoms with van der Waals surface area (Å²) in [6.07, 6.45) is 0. The van der Waals surface area contributed by atoms with Crippen LogP contribution in [0, 0.1) is 0 Å². The zero-order chi connectivity index (χ0) is 22.4. The van der Waals surface area contributed by atoms with E-state index in [9.17, 15) is 4.79 Å². The molecule has 0 atom stereocenters. The Balaban J connectivity index is 2.07. The SMILES string of the molecule is CCOCCn1c(=NC(=O)c2cccc(SC(C)C)c2)sc2cc(OC)c(OC)cc21. The van der Waals surface area contributed by atoms with E-state index in [-0.39, 0.29) is 5.91 Å². The normalized spacial score (nSPS) is 12.0. The quantitative estimate of drug-likeness (QED) is 0.332. The lowest BCUT2D eigenvalue weighted by molar-refractivity contribution is 0.0996. The van der Waals surface area contributed by atoms with E-state index >= 15 is 0 Å². The molecule has 2 aromatic carbocycles. The van der Waals surface area contributed by atoms with Gasteiger partial charge in [0.1, 0.15) is 0 Å². The number of thioether (sulfide) groups is 1. The van der Waals surface area contributed by atoms with Gasteiger partial charge in [0.15, 0.2) is 16.3 Å². The van der Waals surface area contributed by atoms with Crippen molar-refractivity contribution in [3.05, 3.63) is 46.8 Å². The van der Waals surface area contributed by atoms with Gasteiger partial charge in [0.05, 0.1) is 31.0 Å². The van der Waals surface area contributed by atoms with Crippen LogP contribution in [0.25, 0.3) is 10.2 Å². The molecular weight excluding hydrogens is 432 g/mol. The van der Waals surface area contributed by atoms with Crippen molar-refractivity contribution in [1.29, 1.82) is 0 Å². The van der Waals surface area contributed by atoms with Crippen LogP contribution in [0.1, 0.15) is 31.1 Å². The van der Waals surface area contributed by atoms with Crippen LogP contribution in [0.3, 0.4) is 0 Å². The molecule has 0 aliphatic heterocycles. The van der Waals surface area contributed by atoms with Gasteiger partial charge >= 0.3 is 0 Å². The number of benzene rings is 2. The lowest BCUT2D eigenvalue weighted by Crippen LogP contribution is -2.19. The third-order valence-electron chi connectivity index (χ3n) is 4.50. The van der Waals surface area contributed by atoms with E-state index in [0.29, 0.717) is 46.9 Å². The maximum Gasteiger partial charge on any atom is 0.279 e. The summed E-state index contributed by atoms with van der Waals surface area (Å²) in [5.41, 5.74) is 1.51. The number of methoxy groups -OCH3 is 2. The molecule has 31 heavy (non-hydrogen) atoms. The molecule has 8 heteroatoms. The Morgan fingerprint density at radius 3 is 2.58 bits per heavy atom. The number of amides is 1. The number of rotatable bonds is 9. The second-order valence-electron chi connectivity index (χ2n) is 7.02. The largest absolute Gasteiger partial charge is 0.493 e. The number of hydrogen-bond acceptors (Lipinski definition) is 6. The fourth-order valence-corrected chi connectivity index (χ4v) is 5.09. The fourth-order valence-electron chi connectivity index (χ4n) is 3.12. The predicted molar refractivity (Wildman–Crippen MR) is 127 cm³/mol. The Bertz CT molecular complexity index is 1120. The molecule has 1 aromatic heterocycles. The van der Waals surface area contributed by atoms with Gasteiger partial charge in [-0.15, -0.1) is 11.8 Å². The van der Waals surface area contributed by atoms with Gasteiger partial charge < -0.3 is 18.8 Å². The number of carbonyl (C=O) groups is 1. The number of nitrogens with zero attached hydrogens (tertiary/aromatic N) is 2. The Morgan fingerprint density at radius 1 is 1.16 bits per heavy atom. The summed E-state index contributed by atoms with van der Waals surface area (Å²) in [4.78, 5) is 19.2. The van der Waals surface area contributed by atoms with E-state index in [1.807, 2.05) is 41.8 Å². The lowest BCUT2D eigenvalue weighted by atomic mass is 10.2. The first-order chi connectivity index (χ1) is 15.0. The Labute approximate surface area is 190 Å². The molecule has 6 nitrogen and oxygen atoms in total. The van der Waals surface area contributed by atoms with Crippen LogP contribution in [0.15, 0.2) is 46.3 Å². The zero-order valence-electron chi connectivity index (χ0n) is 18.5. The minimum Gasteiger partial charge on any atom is -0.493 e. The minimum atomic E-state index is -0.262. The highest BCUT2D eigenvalue weighted by atomic mass is 32.2. The number of thiazole rings is 1. The van der Waals surface area contributed by atoms with E-state index in [1.54, 1.807) is 32.0 Å². The monoisotopic (exact) mass is 460 g/mol. The summed E-state index contributed by atoms with van der Waals surface area (Å²) in [5.74, 6) is 1.01. The van der Waals surface area contributed by atoms with Gasteiger partial charge in [-0.1, -0.05) is 31.3 Å². The predicted octanol–water partition coefficient (Wildman–Crippen LogP) is 5.00. The number of ether oxygens (including phenoxy) is 3. The Hall–Kier alpha value is -2.29. The summed E-state index contributed by atoms with van der Waals surface area (Å²) >= 11 is 3.17. The molecule has 0 radical (unpaired) electrons. The molecule has 0 unspecified atom stereocenters. The third-order valence-corrected chi connectivity index (χ3v) is 6.54. The van der Waals surface area contributed by atoms with Crippen molar-refractivity contribution in [1.82, 2.24) is 4.57 Å². The summed E-state index contributed by atoms with van der Waals surface area (Å²) in [6, 6.07) is 11.5. The van der Waals surface area contributed by atoms with E-state index < -0.39 is 0 Å². The van der Waals surface area contributed by atoms with Crippen LogP contribution in [-0.2, 0) is 11.3 Å². The number of aromatic nitrogens is 1. The molecule has 0 saturated heterocycles.